The lowest BCUT2D eigenvalue weighted by molar-refractivity contribution is -0.156. The zero-order chi connectivity index (χ0) is 17.7. The molecule has 3 heterocycles. The first-order chi connectivity index (χ1) is 12.1. The van der Waals surface area contributed by atoms with E-state index in [1.54, 1.807) is 15.5 Å². The lowest BCUT2D eigenvalue weighted by Gasteiger charge is -2.35. The number of pyridine rings is 1. The second kappa shape index (κ2) is 5.98. The molecule has 4 rings (SSSR count). The first-order valence-corrected chi connectivity index (χ1v) is 8.79. The number of aromatic nitrogens is 1. The number of aliphatic hydroxyl groups excluding tert-OH is 1. The third kappa shape index (κ3) is 2.25. The van der Waals surface area contributed by atoms with Gasteiger partial charge in [-0.05, 0) is 18.9 Å². The molecule has 1 amide bonds. The van der Waals surface area contributed by atoms with E-state index in [-0.39, 0.29) is 36.0 Å². The highest BCUT2D eigenvalue weighted by Crippen LogP contribution is 2.50. The number of nitrogens with zero attached hydrogens (tertiary/aromatic N) is 2. The van der Waals surface area contributed by atoms with Gasteiger partial charge < -0.3 is 19.3 Å². The number of likely N-dealkylation sites (tertiary alicyclic amines) is 1. The molecule has 1 aromatic rings. The van der Waals surface area contributed by atoms with Crippen LogP contribution in [0.25, 0.3) is 0 Å². The molecule has 0 unspecified atom stereocenters. The molecule has 25 heavy (non-hydrogen) atoms. The van der Waals surface area contributed by atoms with E-state index in [1.165, 1.54) is 13.2 Å². The summed E-state index contributed by atoms with van der Waals surface area (Å²) in [5.41, 5.74) is 0.629. The number of ether oxygens (including phenoxy) is 1. The summed E-state index contributed by atoms with van der Waals surface area (Å²) < 4.78 is 6.60. The van der Waals surface area contributed by atoms with Crippen LogP contribution in [0.15, 0.2) is 23.0 Å². The van der Waals surface area contributed by atoms with E-state index < -0.39 is 17.9 Å². The largest absolute Gasteiger partial charge is 0.467 e. The van der Waals surface area contributed by atoms with Gasteiger partial charge >= 0.3 is 5.97 Å². The fourth-order valence-electron chi connectivity index (χ4n) is 4.64. The van der Waals surface area contributed by atoms with Crippen LogP contribution >= 0.6 is 0 Å². The molecular weight excluding hydrogens is 324 g/mol. The molecule has 7 nitrogen and oxygen atoms in total. The molecule has 0 spiro atoms. The smallest absolute Gasteiger partial charge is 0.328 e. The highest BCUT2D eigenvalue weighted by molar-refractivity contribution is 5.88. The average molecular weight is 346 g/mol. The fraction of sp³-hybridized carbons (Fsp3) is 0.611. The van der Waals surface area contributed by atoms with Gasteiger partial charge in [0.2, 0.25) is 5.91 Å². The zero-order valence-corrected chi connectivity index (χ0v) is 14.1. The predicted octanol–water partition coefficient (Wildman–Crippen LogP) is 0.312. The Labute approximate surface area is 145 Å². The number of aliphatic hydroxyl groups is 1. The second-order valence-corrected chi connectivity index (χ2v) is 7.20. The molecule has 2 aliphatic heterocycles. The minimum atomic E-state index is -0.790. The van der Waals surface area contributed by atoms with Crippen LogP contribution < -0.4 is 5.56 Å². The van der Waals surface area contributed by atoms with Crippen molar-refractivity contribution in [3.8, 4) is 0 Å². The molecule has 0 aromatic carbocycles. The van der Waals surface area contributed by atoms with Crippen molar-refractivity contribution in [2.45, 2.75) is 37.9 Å². The summed E-state index contributed by atoms with van der Waals surface area (Å²) in [5, 5.41) is 9.95. The fourth-order valence-corrected chi connectivity index (χ4v) is 4.64. The van der Waals surface area contributed by atoms with Crippen LogP contribution in [-0.4, -0.2) is 46.2 Å². The Bertz CT molecular complexity index is 769. The molecule has 0 bridgehead atoms. The minimum absolute atomic E-state index is 0.0580. The minimum Gasteiger partial charge on any atom is -0.467 e. The maximum Gasteiger partial charge on any atom is 0.328 e. The Balaban J connectivity index is 1.81. The topological polar surface area (TPSA) is 88.8 Å². The molecule has 134 valence electrons. The summed E-state index contributed by atoms with van der Waals surface area (Å²) in [6, 6.07) is 3.86. The summed E-state index contributed by atoms with van der Waals surface area (Å²) in [5.74, 6) is -1.22. The van der Waals surface area contributed by atoms with Gasteiger partial charge in [-0.2, -0.15) is 0 Å². The highest BCUT2D eigenvalue weighted by atomic mass is 16.5. The van der Waals surface area contributed by atoms with Crippen molar-refractivity contribution < 1.29 is 19.4 Å². The van der Waals surface area contributed by atoms with E-state index in [9.17, 15) is 19.5 Å². The van der Waals surface area contributed by atoms with Crippen LogP contribution in [0.5, 0.6) is 0 Å². The number of fused-ring (bicyclic) bond motifs is 3. The molecule has 3 aliphatic rings. The average Bonchev–Trinajstić information content (AvgIpc) is 3.07. The second-order valence-electron chi connectivity index (χ2n) is 7.20. The zero-order valence-electron chi connectivity index (χ0n) is 14.1. The normalized spacial score (nSPS) is 30.6. The number of hydrogen-bond donors (Lipinski definition) is 1. The number of esters is 1. The molecule has 1 saturated heterocycles. The maximum atomic E-state index is 13.1. The summed E-state index contributed by atoms with van der Waals surface area (Å²) in [6.45, 7) is 0.185. The standard InChI is InChI=1S/C18H22N2O5/c1-25-18(24)16-12(9-21)11-8-19-13(6-3-7-14(19)22)15(11)20(16)17(23)10-4-2-5-10/h3,6-7,10-12,15-16,21H,2,4-5,8-9H2,1H3/t11-,12-,15+,16-/m1/s1. The summed E-state index contributed by atoms with van der Waals surface area (Å²) >= 11 is 0. The number of hydrogen-bond acceptors (Lipinski definition) is 5. The first kappa shape index (κ1) is 16.3. The molecule has 1 saturated carbocycles. The van der Waals surface area contributed by atoms with E-state index in [4.69, 9.17) is 4.74 Å². The molecule has 1 N–H and O–H groups in total. The Kier molecular flexibility index (Phi) is 3.91. The number of carbonyl (C=O) groups is 2. The monoisotopic (exact) mass is 346 g/mol. The van der Waals surface area contributed by atoms with Crippen LogP contribution in [-0.2, 0) is 20.9 Å². The summed E-state index contributed by atoms with van der Waals surface area (Å²) in [6.07, 6.45) is 2.67. The third-order valence-corrected chi connectivity index (χ3v) is 6.10. The van der Waals surface area contributed by atoms with Crippen molar-refractivity contribution in [2.24, 2.45) is 17.8 Å². The van der Waals surface area contributed by atoms with E-state index in [1.807, 2.05) is 6.07 Å². The Hall–Kier alpha value is -2.15. The number of carbonyl (C=O) groups excluding carboxylic acids is 2. The molecule has 1 aliphatic carbocycles. The van der Waals surface area contributed by atoms with Crippen LogP contribution in [0, 0.1) is 17.8 Å². The quantitative estimate of drug-likeness (QED) is 0.796. The number of methoxy groups -OCH3 is 1. The van der Waals surface area contributed by atoms with E-state index >= 15 is 0 Å². The van der Waals surface area contributed by atoms with Crippen LogP contribution in [0.4, 0.5) is 0 Å². The Morgan fingerprint density at radius 2 is 2.08 bits per heavy atom. The lowest BCUT2D eigenvalue weighted by atomic mass is 9.84. The van der Waals surface area contributed by atoms with Crippen molar-refractivity contribution in [1.29, 1.82) is 0 Å². The maximum absolute atomic E-state index is 13.1. The van der Waals surface area contributed by atoms with Gasteiger partial charge in [-0.3, -0.25) is 9.59 Å². The molecule has 2 fully saturated rings. The van der Waals surface area contributed by atoms with Crippen molar-refractivity contribution in [3.63, 3.8) is 0 Å². The number of amides is 1. The molecule has 0 radical (unpaired) electrons. The van der Waals surface area contributed by atoms with Crippen LogP contribution in [0.3, 0.4) is 0 Å². The SMILES string of the molecule is COC(=O)[C@H]1[C@H](CO)[C@H]2Cn3c(cccc3=O)[C@H]2N1C(=O)C1CCC1. The Morgan fingerprint density at radius 1 is 1.32 bits per heavy atom. The van der Waals surface area contributed by atoms with Crippen molar-refractivity contribution in [2.75, 3.05) is 13.7 Å². The van der Waals surface area contributed by atoms with E-state index in [2.05, 4.69) is 0 Å². The number of rotatable bonds is 3. The van der Waals surface area contributed by atoms with Gasteiger partial charge in [-0.15, -0.1) is 0 Å². The van der Waals surface area contributed by atoms with E-state index in [0.29, 0.717) is 6.54 Å². The van der Waals surface area contributed by atoms with Gasteiger partial charge in [0.1, 0.15) is 6.04 Å². The van der Waals surface area contributed by atoms with Crippen LogP contribution in [0.1, 0.15) is 31.0 Å². The molecular formula is C18H22N2O5. The van der Waals surface area contributed by atoms with Crippen molar-refractivity contribution in [3.05, 3.63) is 34.2 Å². The molecule has 1 aromatic heterocycles. The molecule has 7 heteroatoms. The first-order valence-electron chi connectivity index (χ1n) is 8.79. The lowest BCUT2D eigenvalue weighted by Crippen LogP contribution is -2.49. The summed E-state index contributed by atoms with van der Waals surface area (Å²) in [7, 11) is 1.30. The van der Waals surface area contributed by atoms with Crippen LogP contribution in [0.2, 0.25) is 0 Å². The summed E-state index contributed by atoms with van der Waals surface area (Å²) in [4.78, 5) is 39.4. The van der Waals surface area contributed by atoms with Gasteiger partial charge in [0, 0.05) is 42.7 Å². The Morgan fingerprint density at radius 3 is 2.68 bits per heavy atom. The predicted molar refractivity (Wildman–Crippen MR) is 87.5 cm³/mol. The van der Waals surface area contributed by atoms with Gasteiger partial charge in [0.25, 0.3) is 5.56 Å². The van der Waals surface area contributed by atoms with Gasteiger partial charge in [-0.1, -0.05) is 12.5 Å². The third-order valence-electron chi connectivity index (χ3n) is 6.10. The van der Waals surface area contributed by atoms with Gasteiger partial charge in [-0.25, -0.2) is 4.79 Å². The highest BCUT2D eigenvalue weighted by Gasteiger charge is 2.58. The van der Waals surface area contributed by atoms with Gasteiger partial charge in [0.15, 0.2) is 0 Å². The van der Waals surface area contributed by atoms with Gasteiger partial charge in [0.05, 0.1) is 13.2 Å². The molecule has 4 atom stereocenters. The van der Waals surface area contributed by atoms with E-state index in [0.717, 1.165) is 25.0 Å². The van der Waals surface area contributed by atoms with Crippen molar-refractivity contribution in [1.82, 2.24) is 9.47 Å². The van der Waals surface area contributed by atoms with Crippen molar-refractivity contribution >= 4 is 11.9 Å².